The van der Waals surface area contributed by atoms with E-state index in [1.165, 1.54) is 0 Å². The van der Waals surface area contributed by atoms with Crippen molar-refractivity contribution in [1.29, 1.82) is 0 Å². The minimum absolute atomic E-state index is 0. The van der Waals surface area contributed by atoms with Crippen LogP contribution < -0.4 is 56.1 Å². The maximum absolute atomic E-state index is 12.8. The van der Waals surface area contributed by atoms with Crippen molar-refractivity contribution in [2.75, 3.05) is 7.11 Å². The Kier molecular flexibility index (Phi) is 3.74. The third-order valence-corrected chi connectivity index (χ3v) is 4.45. The second kappa shape index (κ2) is 4.52. The molecule has 1 aromatic carbocycles. The summed E-state index contributed by atoms with van der Waals surface area (Å²) in [6.45, 7) is -4.68. The predicted octanol–water partition coefficient (Wildman–Crippen LogP) is 0.722. The van der Waals surface area contributed by atoms with Gasteiger partial charge < -0.3 is 17.7 Å². The quantitative estimate of drug-likeness (QED) is 0.741. The van der Waals surface area contributed by atoms with Gasteiger partial charge in [0.25, 0.3) is 0 Å². The molecule has 1 aromatic rings. The molecule has 0 saturated heterocycles. The molecular formula is C12H13BF3KO. The Labute approximate surface area is 147 Å². The molecule has 6 heteroatoms. The molecule has 4 rings (SSSR count). The first-order chi connectivity index (χ1) is 7.91. The van der Waals surface area contributed by atoms with Gasteiger partial charge in [-0.2, -0.15) is 0 Å². The Morgan fingerprint density at radius 3 is 2.28 bits per heavy atom. The van der Waals surface area contributed by atoms with Gasteiger partial charge in [-0.3, -0.25) is 0 Å². The second-order valence-electron chi connectivity index (χ2n) is 5.48. The van der Waals surface area contributed by atoms with E-state index in [1.807, 2.05) is 24.3 Å². The fraction of sp³-hybridized carbons (Fsp3) is 0.500. The Balaban J connectivity index is 0.00000120. The molecule has 3 saturated carbocycles. The SMILES string of the molecule is COc1cccc(C23CC([B-](F)(F)F)(C2)C3)c1.[K+]. The fourth-order valence-corrected chi connectivity index (χ4v) is 3.47. The molecule has 0 unspecified atom stereocenters. The monoisotopic (exact) mass is 280 g/mol. The third kappa shape index (κ3) is 1.92. The van der Waals surface area contributed by atoms with Crippen molar-refractivity contribution >= 4 is 6.98 Å². The molecule has 0 N–H and O–H groups in total. The fourth-order valence-electron chi connectivity index (χ4n) is 3.47. The van der Waals surface area contributed by atoms with Crippen LogP contribution in [0.1, 0.15) is 24.8 Å². The Hall–Kier alpha value is 0.511. The van der Waals surface area contributed by atoms with Crippen molar-refractivity contribution < 1.29 is 69.1 Å². The van der Waals surface area contributed by atoms with Gasteiger partial charge >= 0.3 is 58.4 Å². The van der Waals surface area contributed by atoms with Crippen molar-refractivity contribution in [3.05, 3.63) is 29.8 Å². The molecule has 3 fully saturated rings. The standard InChI is InChI=1S/C12H13BF3O.K/c1-17-10-4-2-3-9(5-10)11-6-12(7-11,8-11)13(14,15)16;/h2-5H,6-8H2,1H3;/q-1;+1. The average molecular weight is 280 g/mol. The van der Waals surface area contributed by atoms with E-state index in [-0.39, 0.29) is 76.1 Å². The van der Waals surface area contributed by atoms with E-state index in [0.717, 1.165) is 11.3 Å². The van der Waals surface area contributed by atoms with Gasteiger partial charge in [-0.05, 0) is 23.1 Å². The van der Waals surface area contributed by atoms with Gasteiger partial charge in [-0.25, -0.2) is 0 Å². The molecule has 0 radical (unpaired) electrons. The summed E-state index contributed by atoms with van der Waals surface area (Å²) < 4.78 is 43.5. The number of ether oxygens (including phenoxy) is 1. The maximum atomic E-state index is 12.8. The van der Waals surface area contributed by atoms with E-state index in [2.05, 4.69) is 0 Å². The molecule has 0 spiro atoms. The second-order valence-corrected chi connectivity index (χ2v) is 5.48. The molecule has 92 valence electrons. The van der Waals surface area contributed by atoms with Gasteiger partial charge in [0.2, 0.25) is 0 Å². The van der Waals surface area contributed by atoms with E-state index in [4.69, 9.17) is 4.74 Å². The van der Waals surface area contributed by atoms with Crippen LogP contribution in [0, 0.1) is 0 Å². The van der Waals surface area contributed by atoms with Crippen LogP contribution in [0.4, 0.5) is 12.9 Å². The predicted molar refractivity (Wildman–Crippen MR) is 60.3 cm³/mol. The third-order valence-electron chi connectivity index (χ3n) is 4.45. The van der Waals surface area contributed by atoms with Crippen LogP contribution in [0.5, 0.6) is 5.75 Å². The molecule has 3 aliphatic carbocycles. The van der Waals surface area contributed by atoms with E-state index in [0.29, 0.717) is 0 Å². The van der Waals surface area contributed by atoms with Gasteiger partial charge in [-0.15, -0.1) is 0 Å². The van der Waals surface area contributed by atoms with Crippen LogP contribution in [0.25, 0.3) is 0 Å². The van der Waals surface area contributed by atoms with Crippen LogP contribution in [0.15, 0.2) is 24.3 Å². The first-order valence-electron chi connectivity index (χ1n) is 5.75. The minimum Gasteiger partial charge on any atom is -0.497 e. The van der Waals surface area contributed by atoms with Gasteiger partial charge in [0.15, 0.2) is 0 Å². The molecule has 0 aliphatic heterocycles. The van der Waals surface area contributed by atoms with Crippen molar-refractivity contribution in [1.82, 2.24) is 0 Å². The van der Waals surface area contributed by atoms with Crippen LogP contribution in [-0.4, -0.2) is 14.1 Å². The smallest absolute Gasteiger partial charge is 0.497 e. The Bertz CT molecular complexity index is 455. The molecule has 0 aromatic heterocycles. The molecule has 0 atom stereocenters. The van der Waals surface area contributed by atoms with E-state index < -0.39 is 12.3 Å². The number of methoxy groups -OCH3 is 1. The number of hydrogen-bond acceptors (Lipinski definition) is 1. The van der Waals surface area contributed by atoms with Crippen LogP contribution in [0.3, 0.4) is 0 Å². The van der Waals surface area contributed by atoms with Gasteiger partial charge in [0.05, 0.1) is 7.11 Å². The summed E-state index contributed by atoms with van der Waals surface area (Å²) in [5.74, 6) is 0.721. The Morgan fingerprint density at radius 1 is 1.17 bits per heavy atom. The van der Waals surface area contributed by atoms with Crippen LogP contribution >= 0.6 is 0 Å². The molecule has 0 amide bonds. The maximum Gasteiger partial charge on any atom is 1.00 e. The summed E-state index contributed by atoms with van der Waals surface area (Å²) in [7, 11) is 1.57. The zero-order valence-electron chi connectivity index (χ0n) is 10.6. The zero-order chi connectivity index (χ0) is 12.3. The summed E-state index contributed by atoms with van der Waals surface area (Å²) in [6.07, 6.45) is 0.823. The average Bonchev–Trinajstić information content (AvgIpc) is 2.11. The van der Waals surface area contributed by atoms with Crippen molar-refractivity contribution in [2.24, 2.45) is 0 Å². The van der Waals surface area contributed by atoms with Crippen molar-refractivity contribution in [3.8, 4) is 5.75 Å². The summed E-state index contributed by atoms with van der Waals surface area (Å²) in [5, 5.41) is -1.32. The van der Waals surface area contributed by atoms with Gasteiger partial charge in [0, 0.05) is 0 Å². The summed E-state index contributed by atoms with van der Waals surface area (Å²) in [5.41, 5.74) is 0.782. The number of hydrogen-bond donors (Lipinski definition) is 0. The molecule has 1 nitrogen and oxygen atoms in total. The van der Waals surface area contributed by atoms with E-state index in [1.54, 1.807) is 7.11 Å². The normalized spacial score (nSPS) is 32.9. The molecular weight excluding hydrogens is 267 g/mol. The Morgan fingerprint density at radius 2 is 1.78 bits per heavy atom. The van der Waals surface area contributed by atoms with Gasteiger partial charge in [0.1, 0.15) is 5.75 Å². The largest absolute Gasteiger partial charge is 1.00 e. The van der Waals surface area contributed by atoms with Crippen molar-refractivity contribution in [3.63, 3.8) is 0 Å². The molecule has 2 bridgehead atoms. The van der Waals surface area contributed by atoms with Crippen LogP contribution in [0.2, 0.25) is 5.31 Å². The summed E-state index contributed by atoms with van der Waals surface area (Å²) in [4.78, 5) is 0. The molecule has 0 heterocycles. The van der Waals surface area contributed by atoms with E-state index in [9.17, 15) is 12.9 Å². The first kappa shape index (κ1) is 14.9. The van der Waals surface area contributed by atoms with E-state index >= 15 is 0 Å². The molecule has 3 aliphatic rings. The number of benzene rings is 1. The van der Waals surface area contributed by atoms with Crippen LogP contribution in [-0.2, 0) is 5.41 Å². The van der Waals surface area contributed by atoms with Crippen molar-refractivity contribution in [2.45, 2.75) is 30.0 Å². The number of halogens is 3. The topological polar surface area (TPSA) is 9.23 Å². The van der Waals surface area contributed by atoms with Gasteiger partial charge in [-0.1, -0.05) is 36.7 Å². The first-order valence-corrected chi connectivity index (χ1v) is 5.75. The summed E-state index contributed by atoms with van der Waals surface area (Å²) in [6, 6.07) is 7.44. The molecule has 18 heavy (non-hydrogen) atoms. The minimum atomic E-state index is -4.68. The number of rotatable bonds is 3. The summed E-state index contributed by atoms with van der Waals surface area (Å²) >= 11 is 0. The zero-order valence-corrected chi connectivity index (χ0v) is 13.7.